The van der Waals surface area contributed by atoms with Gasteiger partial charge in [0.2, 0.25) is 6.41 Å². The lowest BCUT2D eigenvalue weighted by molar-refractivity contribution is -0.132. The minimum atomic E-state index is 0.547. The molecule has 2 aliphatic rings. The third-order valence-corrected chi connectivity index (χ3v) is 4.09. The number of hydrogen-bond acceptors (Lipinski definition) is 1. The van der Waals surface area contributed by atoms with Crippen LogP contribution in [0.1, 0.15) is 45.4 Å². The van der Waals surface area contributed by atoms with Crippen LogP contribution in [0.3, 0.4) is 0 Å². The summed E-state index contributed by atoms with van der Waals surface area (Å²) in [5.74, 6) is 0.982. The molecule has 0 aromatic rings. The van der Waals surface area contributed by atoms with Crippen LogP contribution in [0.5, 0.6) is 0 Å². The molecule has 1 saturated carbocycles. The highest BCUT2D eigenvalue weighted by atomic mass is 16.1. The van der Waals surface area contributed by atoms with E-state index in [0.717, 1.165) is 25.4 Å². The summed E-state index contributed by atoms with van der Waals surface area (Å²) in [5.41, 5.74) is 0.547. The molecule has 0 aromatic carbocycles. The average Bonchev–Trinajstić information content (AvgIpc) is 2.16. The van der Waals surface area contributed by atoms with Crippen LogP contribution in [0.25, 0.3) is 0 Å². The molecule has 2 nitrogen and oxygen atoms in total. The molecule has 0 unspecified atom stereocenters. The zero-order chi connectivity index (χ0) is 10.0. The lowest BCUT2D eigenvalue weighted by Crippen LogP contribution is -2.56. The second kappa shape index (κ2) is 3.92. The Morgan fingerprint density at radius 3 is 2.50 bits per heavy atom. The van der Waals surface area contributed by atoms with Crippen LogP contribution >= 0.6 is 0 Å². The van der Waals surface area contributed by atoms with E-state index in [9.17, 15) is 4.79 Å². The van der Waals surface area contributed by atoms with Crippen molar-refractivity contribution in [1.29, 1.82) is 0 Å². The van der Waals surface area contributed by atoms with E-state index in [-0.39, 0.29) is 0 Å². The molecule has 2 fully saturated rings. The van der Waals surface area contributed by atoms with E-state index in [1.807, 2.05) is 4.90 Å². The van der Waals surface area contributed by atoms with E-state index in [0.29, 0.717) is 5.41 Å². The van der Waals surface area contributed by atoms with Gasteiger partial charge in [-0.2, -0.15) is 0 Å². The van der Waals surface area contributed by atoms with Crippen molar-refractivity contribution in [2.75, 3.05) is 13.1 Å². The Morgan fingerprint density at radius 2 is 2.00 bits per heavy atom. The summed E-state index contributed by atoms with van der Waals surface area (Å²) in [6.45, 7) is 4.35. The first-order valence-corrected chi connectivity index (χ1v) is 5.97. The predicted molar refractivity (Wildman–Crippen MR) is 56.9 cm³/mol. The maximum Gasteiger partial charge on any atom is 0.209 e. The van der Waals surface area contributed by atoms with Crippen LogP contribution in [-0.4, -0.2) is 24.4 Å². The molecule has 1 spiro atoms. The van der Waals surface area contributed by atoms with Crippen molar-refractivity contribution in [1.82, 2.24) is 4.90 Å². The van der Waals surface area contributed by atoms with E-state index in [4.69, 9.17) is 0 Å². The summed E-state index contributed by atoms with van der Waals surface area (Å²) in [7, 11) is 0. The van der Waals surface area contributed by atoms with Gasteiger partial charge in [0.15, 0.2) is 0 Å². The van der Waals surface area contributed by atoms with Crippen molar-refractivity contribution < 1.29 is 4.79 Å². The fourth-order valence-corrected chi connectivity index (χ4v) is 3.19. The predicted octanol–water partition coefficient (Wildman–Crippen LogP) is 2.44. The highest BCUT2D eigenvalue weighted by Gasteiger charge is 2.44. The molecule has 0 radical (unpaired) electrons. The highest BCUT2D eigenvalue weighted by Crippen LogP contribution is 2.45. The number of rotatable bonds is 3. The van der Waals surface area contributed by atoms with Crippen molar-refractivity contribution in [3.05, 3.63) is 0 Å². The first-order chi connectivity index (χ1) is 6.78. The third kappa shape index (κ3) is 1.79. The van der Waals surface area contributed by atoms with Crippen LogP contribution in [0.4, 0.5) is 0 Å². The number of nitrogens with zero attached hydrogens (tertiary/aromatic N) is 1. The summed E-state index contributed by atoms with van der Waals surface area (Å²) in [6.07, 6.45) is 9.28. The molecular formula is C12H21NO. The lowest BCUT2D eigenvalue weighted by Gasteiger charge is -2.52. The smallest absolute Gasteiger partial charge is 0.209 e. The van der Waals surface area contributed by atoms with Gasteiger partial charge in [0, 0.05) is 18.5 Å². The summed E-state index contributed by atoms with van der Waals surface area (Å²) in [4.78, 5) is 12.4. The van der Waals surface area contributed by atoms with Gasteiger partial charge in [0.25, 0.3) is 0 Å². The molecule has 0 atom stereocenters. The Bertz CT molecular complexity index is 198. The van der Waals surface area contributed by atoms with Crippen LogP contribution in [0.2, 0.25) is 0 Å². The summed E-state index contributed by atoms with van der Waals surface area (Å²) < 4.78 is 0. The van der Waals surface area contributed by atoms with Crippen LogP contribution in [0.15, 0.2) is 0 Å². The Morgan fingerprint density at radius 1 is 1.36 bits per heavy atom. The fourth-order valence-electron chi connectivity index (χ4n) is 3.19. The second-order valence-corrected chi connectivity index (χ2v) is 5.24. The Kier molecular flexibility index (Phi) is 2.80. The summed E-state index contributed by atoms with van der Waals surface area (Å²) >= 11 is 0. The summed E-state index contributed by atoms with van der Waals surface area (Å²) in [5, 5.41) is 0. The standard InChI is InChI=1S/C12H21NO/c1-2-3-11-4-6-12(7-5-11)8-13(9-12)10-14/h10-11H,2-9H2,1H3. The van der Waals surface area contributed by atoms with E-state index >= 15 is 0 Å². The number of amides is 1. The maximum atomic E-state index is 10.5. The SMILES string of the molecule is CCCC1CCC2(CC1)CN(C=O)C2. The van der Waals surface area contributed by atoms with Crippen LogP contribution < -0.4 is 0 Å². The molecule has 80 valence electrons. The van der Waals surface area contributed by atoms with Crippen molar-refractivity contribution in [2.24, 2.45) is 11.3 Å². The molecule has 0 bridgehead atoms. The van der Waals surface area contributed by atoms with E-state index in [1.54, 1.807) is 0 Å². The van der Waals surface area contributed by atoms with E-state index < -0.39 is 0 Å². The van der Waals surface area contributed by atoms with Crippen molar-refractivity contribution >= 4 is 6.41 Å². The molecule has 0 N–H and O–H groups in total. The molecule has 14 heavy (non-hydrogen) atoms. The number of carbonyl (C=O) groups is 1. The molecule has 0 aromatic heterocycles. The maximum absolute atomic E-state index is 10.5. The van der Waals surface area contributed by atoms with Crippen molar-refractivity contribution in [2.45, 2.75) is 45.4 Å². The average molecular weight is 195 g/mol. The largest absolute Gasteiger partial charge is 0.344 e. The Balaban J connectivity index is 1.77. The highest BCUT2D eigenvalue weighted by molar-refractivity contribution is 5.49. The van der Waals surface area contributed by atoms with E-state index in [2.05, 4.69) is 6.92 Å². The molecule has 1 amide bonds. The first-order valence-electron chi connectivity index (χ1n) is 5.97. The minimum absolute atomic E-state index is 0.547. The van der Waals surface area contributed by atoms with Gasteiger partial charge in [-0.05, 0) is 31.6 Å². The molecule has 1 aliphatic heterocycles. The molecular weight excluding hydrogens is 174 g/mol. The van der Waals surface area contributed by atoms with Gasteiger partial charge in [-0.3, -0.25) is 4.79 Å². The topological polar surface area (TPSA) is 20.3 Å². The Labute approximate surface area is 86.7 Å². The zero-order valence-electron chi connectivity index (χ0n) is 9.17. The number of hydrogen-bond donors (Lipinski definition) is 0. The van der Waals surface area contributed by atoms with Crippen LogP contribution in [-0.2, 0) is 4.79 Å². The second-order valence-electron chi connectivity index (χ2n) is 5.24. The van der Waals surface area contributed by atoms with Gasteiger partial charge in [0.05, 0.1) is 0 Å². The number of carbonyl (C=O) groups excluding carboxylic acids is 1. The summed E-state index contributed by atoms with van der Waals surface area (Å²) in [6, 6.07) is 0. The van der Waals surface area contributed by atoms with Crippen LogP contribution in [0, 0.1) is 11.3 Å². The van der Waals surface area contributed by atoms with Gasteiger partial charge >= 0.3 is 0 Å². The molecule has 2 heteroatoms. The third-order valence-electron chi connectivity index (χ3n) is 4.09. The Hall–Kier alpha value is -0.530. The van der Waals surface area contributed by atoms with Crippen molar-refractivity contribution in [3.63, 3.8) is 0 Å². The van der Waals surface area contributed by atoms with Gasteiger partial charge in [-0.25, -0.2) is 0 Å². The first kappa shape index (κ1) is 10.0. The van der Waals surface area contributed by atoms with Gasteiger partial charge in [0.1, 0.15) is 0 Å². The zero-order valence-corrected chi connectivity index (χ0v) is 9.17. The van der Waals surface area contributed by atoms with Crippen molar-refractivity contribution in [3.8, 4) is 0 Å². The molecule has 2 rings (SSSR count). The van der Waals surface area contributed by atoms with Gasteiger partial charge in [-0.15, -0.1) is 0 Å². The molecule has 1 aliphatic carbocycles. The lowest BCUT2D eigenvalue weighted by atomic mass is 9.65. The monoisotopic (exact) mass is 195 g/mol. The van der Waals surface area contributed by atoms with E-state index in [1.165, 1.54) is 38.5 Å². The molecule has 1 heterocycles. The molecule has 1 saturated heterocycles. The minimum Gasteiger partial charge on any atom is -0.344 e. The van der Waals surface area contributed by atoms with Gasteiger partial charge < -0.3 is 4.90 Å². The fraction of sp³-hybridized carbons (Fsp3) is 0.917. The normalized spacial score (nSPS) is 26.2. The quantitative estimate of drug-likeness (QED) is 0.633. The van der Waals surface area contributed by atoms with Gasteiger partial charge in [-0.1, -0.05) is 19.8 Å². The number of likely N-dealkylation sites (tertiary alicyclic amines) is 1.